The normalized spacial score (nSPS) is 21.4. The van der Waals surface area contributed by atoms with Gasteiger partial charge in [0.05, 0.1) is 46.8 Å². The molecule has 1 heterocycles. The summed E-state index contributed by atoms with van der Waals surface area (Å²) in [5.41, 5.74) is 4.35. The third-order valence-corrected chi connectivity index (χ3v) is 8.74. The predicted molar refractivity (Wildman–Crippen MR) is 175 cm³/mol. The van der Waals surface area contributed by atoms with Crippen LogP contribution in [-0.2, 0) is 50.1 Å². The first-order chi connectivity index (χ1) is 21.7. The van der Waals surface area contributed by atoms with E-state index in [1.54, 1.807) is 18.9 Å². The molecule has 1 fully saturated rings. The molecule has 0 N–H and O–H groups in total. The molecule has 0 amide bonds. The SMILES string of the molecule is CCS[C@@]1(COCc2ccccc2)O[C@H](COCc2ccccc2)[C@@H](OCc2ccccc2)[C@@H]1OCc1ccc(OC)cc1. The quantitative estimate of drug-likeness (QED) is 0.122. The molecule has 0 saturated carbocycles. The van der Waals surface area contributed by atoms with Gasteiger partial charge < -0.3 is 28.4 Å². The molecule has 0 aromatic heterocycles. The van der Waals surface area contributed by atoms with Crippen molar-refractivity contribution in [2.45, 2.75) is 56.6 Å². The van der Waals surface area contributed by atoms with Gasteiger partial charge in [0.15, 0.2) is 4.93 Å². The molecule has 6 nitrogen and oxygen atoms in total. The van der Waals surface area contributed by atoms with E-state index in [2.05, 4.69) is 43.3 Å². The number of ether oxygens (including phenoxy) is 6. The minimum Gasteiger partial charge on any atom is -0.497 e. The summed E-state index contributed by atoms with van der Waals surface area (Å²) >= 11 is 1.70. The largest absolute Gasteiger partial charge is 0.497 e. The zero-order valence-electron chi connectivity index (χ0n) is 25.5. The lowest BCUT2D eigenvalue weighted by molar-refractivity contribution is -0.104. The number of hydrogen-bond acceptors (Lipinski definition) is 7. The van der Waals surface area contributed by atoms with Crippen molar-refractivity contribution in [1.82, 2.24) is 0 Å². The number of hydrogen-bond donors (Lipinski definition) is 0. The third-order valence-electron chi connectivity index (χ3n) is 7.52. The Hall–Kier alpha value is -3.17. The highest BCUT2D eigenvalue weighted by atomic mass is 32.2. The fourth-order valence-corrected chi connectivity index (χ4v) is 6.54. The molecule has 4 atom stereocenters. The molecule has 1 saturated heterocycles. The second-order valence-electron chi connectivity index (χ2n) is 10.7. The minimum absolute atomic E-state index is 0.341. The van der Waals surface area contributed by atoms with Crippen molar-refractivity contribution in [3.63, 3.8) is 0 Å². The highest BCUT2D eigenvalue weighted by molar-refractivity contribution is 8.00. The summed E-state index contributed by atoms with van der Waals surface area (Å²) in [6.07, 6.45) is -1.16. The Kier molecular flexibility index (Phi) is 12.3. The smallest absolute Gasteiger partial charge is 0.166 e. The van der Waals surface area contributed by atoms with E-state index in [4.69, 9.17) is 28.4 Å². The number of thioether (sulfide) groups is 1. The summed E-state index contributed by atoms with van der Waals surface area (Å²) in [5, 5.41) is 0. The molecule has 0 spiro atoms. The van der Waals surface area contributed by atoms with E-state index in [0.29, 0.717) is 39.6 Å². The second-order valence-corrected chi connectivity index (χ2v) is 12.3. The molecule has 0 aliphatic carbocycles. The van der Waals surface area contributed by atoms with Gasteiger partial charge in [-0.2, -0.15) is 0 Å². The van der Waals surface area contributed by atoms with E-state index in [-0.39, 0.29) is 12.2 Å². The highest BCUT2D eigenvalue weighted by Crippen LogP contribution is 2.44. The van der Waals surface area contributed by atoms with Crippen LogP contribution in [-0.4, -0.2) is 49.3 Å². The zero-order chi connectivity index (χ0) is 30.5. The van der Waals surface area contributed by atoms with Crippen LogP contribution in [0.4, 0.5) is 0 Å². The molecule has 5 rings (SSSR count). The van der Waals surface area contributed by atoms with Gasteiger partial charge in [-0.15, -0.1) is 11.8 Å². The Morgan fingerprint density at radius 1 is 0.636 bits per heavy atom. The van der Waals surface area contributed by atoms with Crippen LogP contribution < -0.4 is 4.74 Å². The van der Waals surface area contributed by atoms with Crippen molar-refractivity contribution in [1.29, 1.82) is 0 Å². The first-order valence-corrected chi connectivity index (χ1v) is 16.1. The Balaban J connectivity index is 1.39. The minimum atomic E-state index is -0.794. The molecule has 7 heteroatoms. The molecular weight excluding hydrogens is 572 g/mol. The molecular formula is C37H42O6S. The summed E-state index contributed by atoms with van der Waals surface area (Å²) in [6, 6.07) is 38.5. The van der Waals surface area contributed by atoms with Crippen molar-refractivity contribution in [2.24, 2.45) is 0 Å². The highest BCUT2D eigenvalue weighted by Gasteiger charge is 2.57. The second kappa shape index (κ2) is 16.8. The topological polar surface area (TPSA) is 55.4 Å². The molecule has 1 aliphatic rings. The van der Waals surface area contributed by atoms with Crippen molar-refractivity contribution in [2.75, 3.05) is 26.1 Å². The fourth-order valence-electron chi connectivity index (χ4n) is 5.33. The van der Waals surface area contributed by atoms with E-state index in [1.807, 2.05) is 78.9 Å². The van der Waals surface area contributed by atoms with Crippen molar-refractivity contribution in [3.8, 4) is 5.75 Å². The summed E-state index contributed by atoms with van der Waals surface area (Å²) in [7, 11) is 1.67. The Bertz CT molecular complexity index is 1360. The van der Waals surface area contributed by atoms with Crippen LogP contribution in [0.25, 0.3) is 0 Å². The van der Waals surface area contributed by atoms with Crippen molar-refractivity contribution in [3.05, 3.63) is 138 Å². The van der Waals surface area contributed by atoms with Gasteiger partial charge in [0.2, 0.25) is 0 Å². The molecule has 1 aliphatic heterocycles. The van der Waals surface area contributed by atoms with Crippen molar-refractivity contribution < 1.29 is 28.4 Å². The standard InChI is InChI=1S/C37H42O6S/c1-3-44-37(28-40-24-30-15-9-5-10-16-30)36(42-26-32-19-21-33(38-2)22-20-32)35(41-25-31-17-11-6-12-18-31)34(43-37)27-39-23-29-13-7-4-8-14-29/h4-22,34-36H,3,23-28H2,1-2H3/t34-,35-,36+,37-/m1/s1. The van der Waals surface area contributed by atoms with Crippen LogP contribution >= 0.6 is 11.8 Å². The Morgan fingerprint density at radius 3 is 1.73 bits per heavy atom. The Morgan fingerprint density at radius 2 is 1.16 bits per heavy atom. The van der Waals surface area contributed by atoms with Crippen LogP contribution in [0.5, 0.6) is 5.75 Å². The average Bonchev–Trinajstić information content (AvgIpc) is 3.36. The van der Waals surface area contributed by atoms with Gasteiger partial charge in [0.25, 0.3) is 0 Å². The van der Waals surface area contributed by atoms with Crippen molar-refractivity contribution >= 4 is 11.8 Å². The van der Waals surface area contributed by atoms with E-state index in [0.717, 1.165) is 33.8 Å². The predicted octanol–water partition coefficient (Wildman–Crippen LogP) is 7.45. The first kappa shape index (κ1) is 32.2. The molecule has 0 bridgehead atoms. The van der Waals surface area contributed by atoms with Gasteiger partial charge in [-0.25, -0.2) is 0 Å². The van der Waals surface area contributed by atoms with Gasteiger partial charge in [0.1, 0.15) is 24.1 Å². The average molecular weight is 615 g/mol. The summed E-state index contributed by atoms with van der Waals surface area (Å²) in [4.78, 5) is -0.794. The van der Waals surface area contributed by atoms with Crippen LogP contribution in [0.15, 0.2) is 115 Å². The van der Waals surface area contributed by atoms with Crippen LogP contribution in [0.3, 0.4) is 0 Å². The molecule has 44 heavy (non-hydrogen) atoms. The van der Waals surface area contributed by atoms with Gasteiger partial charge >= 0.3 is 0 Å². The lowest BCUT2D eigenvalue weighted by Gasteiger charge is -2.34. The maximum Gasteiger partial charge on any atom is 0.166 e. The fraction of sp³-hybridized carbons (Fsp3) is 0.351. The molecule has 232 valence electrons. The molecule has 0 unspecified atom stereocenters. The number of methoxy groups -OCH3 is 1. The molecule has 0 radical (unpaired) electrons. The van der Waals surface area contributed by atoms with Gasteiger partial charge in [-0.05, 0) is 40.1 Å². The van der Waals surface area contributed by atoms with E-state index >= 15 is 0 Å². The van der Waals surface area contributed by atoms with Crippen LogP contribution in [0.1, 0.15) is 29.2 Å². The molecule has 4 aromatic rings. The lowest BCUT2D eigenvalue weighted by Crippen LogP contribution is -2.47. The monoisotopic (exact) mass is 614 g/mol. The van der Waals surface area contributed by atoms with E-state index in [1.165, 1.54) is 0 Å². The number of benzene rings is 4. The number of rotatable bonds is 17. The zero-order valence-corrected chi connectivity index (χ0v) is 26.3. The summed E-state index contributed by atoms with van der Waals surface area (Å²) < 4.78 is 38.4. The van der Waals surface area contributed by atoms with E-state index in [9.17, 15) is 0 Å². The lowest BCUT2D eigenvalue weighted by atomic mass is 10.1. The van der Waals surface area contributed by atoms with E-state index < -0.39 is 11.0 Å². The van der Waals surface area contributed by atoms with Gasteiger partial charge in [-0.1, -0.05) is 110 Å². The van der Waals surface area contributed by atoms with Gasteiger partial charge in [-0.3, -0.25) is 0 Å². The van der Waals surface area contributed by atoms with Crippen LogP contribution in [0.2, 0.25) is 0 Å². The Labute approximate surface area is 265 Å². The first-order valence-electron chi connectivity index (χ1n) is 15.1. The van der Waals surface area contributed by atoms with Crippen LogP contribution in [0, 0.1) is 0 Å². The maximum atomic E-state index is 6.95. The third kappa shape index (κ3) is 8.94. The summed E-state index contributed by atoms with van der Waals surface area (Å²) in [5.74, 6) is 1.63. The maximum absolute atomic E-state index is 6.95. The molecule has 4 aromatic carbocycles. The summed E-state index contributed by atoms with van der Waals surface area (Å²) in [6.45, 7) is 4.63. The van der Waals surface area contributed by atoms with Gasteiger partial charge in [0, 0.05) is 0 Å².